The van der Waals surface area contributed by atoms with Crippen LogP contribution in [0.25, 0.3) is 21.9 Å². The Balaban J connectivity index is 1.82. The Morgan fingerprint density at radius 3 is 2.56 bits per heavy atom. The molecule has 0 aliphatic carbocycles. The number of benzene rings is 2. The lowest BCUT2D eigenvalue weighted by molar-refractivity contribution is 0.310. The molecule has 4 aromatic rings. The second kappa shape index (κ2) is 5.88. The molecular formula is C21H21N3O. The Labute approximate surface area is 146 Å². The third kappa shape index (κ3) is 2.95. The molecule has 0 saturated heterocycles. The lowest BCUT2D eigenvalue weighted by atomic mass is 9.96. The van der Waals surface area contributed by atoms with Gasteiger partial charge in [0.2, 0.25) is 0 Å². The van der Waals surface area contributed by atoms with E-state index in [0.717, 1.165) is 39.1 Å². The van der Waals surface area contributed by atoms with Gasteiger partial charge in [0, 0.05) is 23.1 Å². The van der Waals surface area contributed by atoms with Crippen molar-refractivity contribution in [3.63, 3.8) is 0 Å². The number of ether oxygens (including phenoxy) is 1. The molecule has 0 unspecified atom stereocenters. The van der Waals surface area contributed by atoms with Crippen LogP contribution in [-0.4, -0.2) is 15.0 Å². The molecule has 4 heteroatoms. The molecule has 0 fully saturated rings. The SMILES string of the molecule is CC(C)(C)c1nc2c(cc(OCc3ccccc3)c3ncccc32)[nH]1. The quantitative estimate of drug-likeness (QED) is 0.575. The molecule has 126 valence electrons. The number of hydrogen-bond acceptors (Lipinski definition) is 3. The van der Waals surface area contributed by atoms with Crippen molar-refractivity contribution in [3.05, 3.63) is 66.1 Å². The van der Waals surface area contributed by atoms with Crippen LogP contribution in [0.3, 0.4) is 0 Å². The summed E-state index contributed by atoms with van der Waals surface area (Å²) in [4.78, 5) is 12.8. The lowest BCUT2D eigenvalue weighted by Crippen LogP contribution is -2.12. The molecule has 2 heterocycles. The van der Waals surface area contributed by atoms with Gasteiger partial charge in [-0.2, -0.15) is 0 Å². The van der Waals surface area contributed by atoms with Gasteiger partial charge in [0.15, 0.2) is 0 Å². The van der Waals surface area contributed by atoms with Crippen LogP contribution in [0, 0.1) is 0 Å². The fourth-order valence-electron chi connectivity index (χ4n) is 2.89. The Morgan fingerprint density at radius 1 is 1.00 bits per heavy atom. The zero-order chi connectivity index (χ0) is 17.4. The van der Waals surface area contributed by atoms with Crippen LogP contribution in [0.1, 0.15) is 32.2 Å². The standard InChI is InChI=1S/C21H21N3O/c1-21(2,3)20-23-16-12-17(25-13-14-8-5-4-6-9-14)19-15(18(16)24-20)10-7-11-22-19/h4-12H,13H2,1-3H3,(H,23,24). The Hall–Kier alpha value is -2.88. The molecule has 4 nitrogen and oxygen atoms in total. The predicted molar refractivity (Wildman–Crippen MR) is 101 cm³/mol. The molecule has 0 atom stereocenters. The number of fused-ring (bicyclic) bond motifs is 3. The van der Waals surface area contributed by atoms with E-state index in [0.29, 0.717) is 6.61 Å². The van der Waals surface area contributed by atoms with Crippen molar-refractivity contribution in [1.82, 2.24) is 15.0 Å². The average molecular weight is 331 g/mol. The maximum atomic E-state index is 6.10. The molecule has 2 aromatic carbocycles. The fourth-order valence-corrected chi connectivity index (χ4v) is 2.89. The highest BCUT2D eigenvalue weighted by atomic mass is 16.5. The third-order valence-corrected chi connectivity index (χ3v) is 4.25. The summed E-state index contributed by atoms with van der Waals surface area (Å²) in [6, 6.07) is 16.2. The maximum Gasteiger partial charge on any atom is 0.148 e. The highest BCUT2D eigenvalue weighted by molar-refractivity contribution is 6.05. The van der Waals surface area contributed by atoms with E-state index >= 15 is 0 Å². The van der Waals surface area contributed by atoms with Crippen LogP contribution in [-0.2, 0) is 12.0 Å². The van der Waals surface area contributed by atoms with Crippen molar-refractivity contribution in [2.24, 2.45) is 0 Å². The number of imidazole rings is 1. The van der Waals surface area contributed by atoms with Crippen LogP contribution >= 0.6 is 0 Å². The Kier molecular flexibility index (Phi) is 3.68. The highest BCUT2D eigenvalue weighted by Gasteiger charge is 2.20. The number of pyridine rings is 1. The Bertz CT molecular complexity index is 1030. The summed E-state index contributed by atoms with van der Waals surface area (Å²) in [5, 5.41) is 1.01. The van der Waals surface area contributed by atoms with Crippen LogP contribution in [0.2, 0.25) is 0 Å². The lowest BCUT2D eigenvalue weighted by Gasteiger charge is -2.13. The van der Waals surface area contributed by atoms with Gasteiger partial charge in [-0.1, -0.05) is 51.1 Å². The normalized spacial score (nSPS) is 12.0. The fraction of sp³-hybridized carbons (Fsp3) is 0.238. The zero-order valence-electron chi connectivity index (χ0n) is 14.7. The number of aromatic nitrogens is 3. The first-order chi connectivity index (χ1) is 12.0. The molecule has 0 aliphatic heterocycles. The minimum Gasteiger partial charge on any atom is -0.487 e. The molecule has 25 heavy (non-hydrogen) atoms. The number of hydrogen-bond donors (Lipinski definition) is 1. The molecule has 1 N–H and O–H groups in total. The third-order valence-electron chi connectivity index (χ3n) is 4.25. The molecule has 0 radical (unpaired) electrons. The summed E-state index contributed by atoms with van der Waals surface area (Å²) in [5.74, 6) is 1.74. The van der Waals surface area contributed by atoms with Crippen molar-refractivity contribution in [2.45, 2.75) is 32.8 Å². The molecular weight excluding hydrogens is 310 g/mol. The molecule has 0 spiro atoms. The van der Waals surface area contributed by atoms with Crippen molar-refractivity contribution >= 4 is 21.9 Å². The average Bonchev–Trinajstić information content (AvgIpc) is 3.05. The van der Waals surface area contributed by atoms with E-state index < -0.39 is 0 Å². The second-order valence-electron chi connectivity index (χ2n) is 7.28. The number of H-pyrrole nitrogens is 1. The molecule has 0 aliphatic rings. The number of nitrogens with zero attached hydrogens (tertiary/aromatic N) is 2. The van der Waals surface area contributed by atoms with Gasteiger partial charge in [-0.05, 0) is 17.7 Å². The topological polar surface area (TPSA) is 50.8 Å². The molecule has 4 rings (SSSR count). The van der Waals surface area contributed by atoms with Gasteiger partial charge >= 0.3 is 0 Å². The highest BCUT2D eigenvalue weighted by Crippen LogP contribution is 2.33. The van der Waals surface area contributed by atoms with Gasteiger partial charge in [-0.15, -0.1) is 0 Å². The smallest absolute Gasteiger partial charge is 0.148 e. The molecule has 0 saturated carbocycles. The summed E-state index contributed by atoms with van der Waals surface area (Å²) in [6.07, 6.45) is 1.79. The zero-order valence-corrected chi connectivity index (χ0v) is 14.7. The van der Waals surface area contributed by atoms with Crippen molar-refractivity contribution in [2.75, 3.05) is 0 Å². The first kappa shape index (κ1) is 15.6. The van der Waals surface area contributed by atoms with Crippen LogP contribution in [0.4, 0.5) is 0 Å². The van der Waals surface area contributed by atoms with E-state index in [-0.39, 0.29) is 5.41 Å². The van der Waals surface area contributed by atoms with Gasteiger partial charge in [-0.3, -0.25) is 4.98 Å². The van der Waals surface area contributed by atoms with Crippen molar-refractivity contribution < 1.29 is 4.74 Å². The minimum atomic E-state index is -0.0430. The van der Waals surface area contributed by atoms with E-state index in [1.807, 2.05) is 36.4 Å². The summed E-state index contributed by atoms with van der Waals surface area (Å²) in [7, 11) is 0. The largest absolute Gasteiger partial charge is 0.487 e. The summed E-state index contributed by atoms with van der Waals surface area (Å²) in [5.41, 5.74) is 3.86. The van der Waals surface area contributed by atoms with E-state index in [9.17, 15) is 0 Å². The second-order valence-corrected chi connectivity index (χ2v) is 7.28. The van der Waals surface area contributed by atoms with Gasteiger partial charge in [0.05, 0.1) is 11.0 Å². The predicted octanol–water partition coefficient (Wildman–Crippen LogP) is 4.99. The van der Waals surface area contributed by atoms with Crippen LogP contribution < -0.4 is 4.74 Å². The summed E-state index contributed by atoms with van der Waals surface area (Å²) >= 11 is 0. The Morgan fingerprint density at radius 2 is 1.80 bits per heavy atom. The van der Waals surface area contributed by atoms with Gasteiger partial charge in [0.25, 0.3) is 0 Å². The number of nitrogens with one attached hydrogen (secondary N) is 1. The van der Waals surface area contributed by atoms with E-state index in [2.05, 4.69) is 42.9 Å². The van der Waals surface area contributed by atoms with E-state index in [1.165, 1.54) is 0 Å². The van der Waals surface area contributed by atoms with Crippen LogP contribution in [0.15, 0.2) is 54.7 Å². The summed E-state index contributed by atoms with van der Waals surface area (Å²) < 4.78 is 6.10. The van der Waals surface area contributed by atoms with Gasteiger partial charge in [-0.25, -0.2) is 4.98 Å². The van der Waals surface area contributed by atoms with Crippen molar-refractivity contribution in [1.29, 1.82) is 0 Å². The number of rotatable bonds is 3. The minimum absolute atomic E-state index is 0.0430. The van der Waals surface area contributed by atoms with Gasteiger partial charge < -0.3 is 9.72 Å². The molecule has 0 amide bonds. The monoisotopic (exact) mass is 331 g/mol. The maximum absolute atomic E-state index is 6.10. The van der Waals surface area contributed by atoms with Crippen molar-refractivity contribution in [3.8, 4) is 5.75 Å². The molecule has 2 aromatic heterocycles. The summed E-state index contributed by atoms with van der Waals surface area (Å²) in [6.45, 7) is 6.96. The van der Waals surface area contributed by atoms with Gasteiger partial charge in [0.1, 0.15) is 23.7 Å². The van der Waals surface area contributed by atoms with E-state index in [4.69, 9.17) is 9.72 Å². The first-order valence-electron chi connectivity index (χ1n) is 8.47. The first-order valence-corrected chi connectivity index (χ1v) is 8.47. The number of aromatic amines is 1. The molecule has 0 bridgehead atoms. The van der Waals surface area contributed by atoms with E-state index in [1.54, 1.807) is 6.20 Å². The van der Waals surface area contributed by atoms with Crippen LogP contribution in [0.5, 0.6) is 5.75 Å².